The number of nitrogens with zero attached hydrogens (tertiary/aromatic N) is 1. The molecular formula is C14H22N2. The number of hydrogen-bond donors (Lipinski definition) is 1. The third-order valence-corrected chi connectivity index (χ3v) is 3.38. The van der Waals surface area contributed by atoms with Crippen LogP contribution in [0.1, 0.15) is 43.9 Å². The minimum Gasteiger partial charge on any atom is -0.310 e. The van der Waals surface area contributed by atoms with E-state index in [1.807, 2.05) is 13.1 Å². The van der Waals surface area contributed by atoms with Gasteiger partial charge in [0.2, 0.25) is 0 Å². The largest absolute Gasteiger partial charge is 0.310 e. The van der Waals surface area contributed by atoms with E-state index in [-0.39, 0.29) is 0 Å². The van der Waals surface area contributed by atoms with Crippen LogP contribution in [-0.4, -0.2) is 11.0 Å². The number of nitrogens with one attached hydrogen (secondary N) is 1. The van der Waals surface area contributed by atoms with Gasteiger partial charge in [-0.15, -0.1) is 0 Å². The molecule has 1 aromatic rings. The molecule has 0 bridgehead atoms. The molecule has 2 rings (SSSR count). The quantitative estimate of drug-likeness (QED) is 0.793. The Balaban J connectivity index is 1.77. The lowest BCUT2D eigenvalue weighted by Gasteiger charge is -2.16. The van der Waals surface area contributed by atoms with E-state index in [2.05, 4.69) is 29.4 Å². The summed E-state index contributed by atoms with van der Waals surface area (Å²) in [6, 6.07) is 4.94. The smallest absolute Gasteiger partial charge is 0.0372 e. The third-order valence-electron chi connectivity index (χ3n) is 3.38. The lowest BCUT2D eigenvalue weighted by atomic mass is 10.1. The van der Waals surface area contributed by atoms with Crippen molar-refractivity contribution in [2.45, 2.75) is 52.1 Å². The first kappa shape index (κ1) is 11.6. The van der Waals surface area contributed by atoms with Crippen molar-refractivity contribution in [3.8, 4) is 0 Å². The molecule has 16 heavy (non-hydrogen) atoms. The van der Waals surface area contributed by atoms with Gasteiger partial charge in [0, 0.05) is 24.5 Å². The maximum absolute atomic E-state index is 4.32. The summed E-state index contributed by atoms with van der Waals surface area (Å²) in [5.74, 6) is 1.01. The van der Waals surface area contributed by atoms with Gasteiger partial charge in [0.15, 0.2) is 0 Å². The number of aryl methyl sites for hydroxylation is 1. The summed E-state index contributed by atoms with van der Waals surface area (Å²) in [5.41, 5.74) is 2.38. The Hall–Kier alpha value is -0.890. The van der Waals surface area contributed by atoms with Crippen LogP contribution in [0.15, 0.2) is 18.3 Å². The van der Waals surface area contributed by atoms with Gasteiger partial charge in [-0.05, 0) is 37.3 Å². The SMILES string of the molecule is CCC(CC1CC1)NCc1ccc(C)nc1. The molecule has 0 amide bonds. The van der Waals surface area contributed by atoms with Crippen molar-refractivity contribution in [2.24, 2.45) is 5.92 Å². The van der Waals surface area contributed by atoms with Gasteiger partial charge in [0.25, 0.3) is 0 Å². The van der Waals surface area contributed by atoms with Crippen LogP contribution >= 0.6 is 0 Å². The van der Waals surface area contributed by atoms with Crippen molar-refractivity contribution >= 4 is 0 Å². The van der Waals surface area contributed by atoms with E-state index in [0.717, 1.165) is 18.2 Å². The summed E-state index contributed by atoms with van der Waals surface area (Å²) in [6.45, 7) is 5.26. The van der Waals surface area contributed by atoms with E-state index in [4.69, 9.17) is 0 Å². The zero-order chi connectivity index (χ0) is 11.4. The van der Waals surface area contributed by atoms with Crippen LogP contribution in [0.3, 0.4) is 0 Å². The van der Waals surface area contributed by atoms with Gasteiger partial charge in [-0.3, -0.25) is 4.98 Å². The molecule has 88 valence electrons. The second kappa shape index (κ2) is 5.44. The second-order valence-corrected chi connectivity index (χ2v) is 4.97. The predicted molar refractivity (Wildman–Crippen MR) is 67.2 cm³/mol. The van der Waals surface area contributed by atoms with Crippen molar-refractivity contribution in [1.82, 2.24) is 10.3 Å². The van der Waals surface area contributed by atoms with Crippen LogP contribution in [0.4, 0.5) is 0 Å². The predicted octanol–water partition coefficient (Wildman–Crippen LogP) is 3.06. The molecule has 0 aromatic carbocycles. The Bertz CT molecular complexity index is 314. The molecule has 1 aliphatic rings. The van der Waals surface area contributed by atoms with Crippen LogP contribution in [0.25, 0.3) is 0 Å². The number of pyridine rings is 1. The van der Waals surface area contributed by atoms with Gasteiger partial charge in [-0.2, -0.15) is 0 Å². The van der Waals surface area contributed by atoms with E-state index in [0.29, 0.717) is 6.04 Å². The molecular weight excluding hydrogens is 196 g/mol. The number of rotatable bonds is 6. The summed E-state index contributed by atoms with van der Waals surface area (Å²) < 4.78 is 0. The highest BCUT2D eigenvalue weighted by Crippen LogP contribution is 2.34. The molecule has 0 spiro atoms. The maximum Gasteiger partial charge on any atom is 0.0372 e. The molecule has 1 fully saturated rings. The van der Waals surface area contributed by atoms with Crippen LogP contribution in [0.5, 0.6) is 0 Å². The van der Waals surface area contributed by atoms with Gasteiger partial charge in [0.05, 0.1) is 0 Å². The highest BCUT2D eigenvalue weighted by atomic mass is 14.9. The van der Waals surface area contributed by atoms with Gasteiger partial charge in [-0.25, -0.2) is 0 Å². The monoisotopic (exact) mass is 218 g/mol. The van der Waals surface area contributed by atoms with E-state index >= 15 is 0 Å². The first-order chi connectivity index (χ1) is 7.78. The van der Waals surface area contributed by atoms with Crippen LogP contribution < -0.4 is 5.32 Å². The fraction of sp³-hybridized carbons (Fsp3) is 0.643. The fourth-order valence-corrected chi connectivity index (χ4v) is 2.02. The lowest BCUT2D eigenvalue weighted by molar-refractivity contribution is 0.444. The Kier molecular flexibility index (Phi) is 3.94. The molecule has 1 saturated carbocycles. The Labute approximate surface area is 98.5 Å². The van der Waals surface area contributed by atoms with Crippen molar-refractivity contribution < 1.29 is 0 Å². The van der Waals surface area contributed by atoms with Gasteiger partial charge >= 0.3 is 0 Å². The summed E-state index contributed by atoms with van der Waals surface area (Å²) in [5, 5.41) is 3.64. The average molecular weight is 218 g/mol. The Morgan fingerprint density at radius 3 is 2.81 bits per heavy atom. The highest BCUT2D eigenvalue weighted by molar-refractivity contribution is 5.12. The van der Waals surface area contributed by atoms with Gasteiger partial charge in [0.1, 0.15) is 0 Å². The average Bonchev–Trinajstić information content (AvgIpc) is 3.10. The molecule has 0 aliphatic heterocycles. The fourth-order valence-electron chi connectivity index (χ4n) is 2.02. The third kappa shape index (κ3) is 3.60. The highest BCUT2D eigenvalue weighted by Gasteiger charge is 2.24. The Morgan fingerprint density at radius 1 is 1.44 bits per heavy atom. The molecule has 1 N–H and O–H groups in total. The maximum atomic E-state index is 4.32. The minimum atomic E-state index is 0.689. The number of hydrogen-bond acceptors (Lipinski definition) is 2. The molecule has 2 nitrogen and oxygen atoms in total. The van der Waals surface area contributed by atoms with Crippen LogP contribution in [0.2, 0.25) is 0 Å². The summed E-state index contributed by atoms with van der Waals surface area (Å²) in [7, 11) is 0. The Morgan fingerprint density at radius 2 is 2.25 bits per heavy atom. The molecule has 2 heteroatoms. The summed E-state index contributed by atoms with van der Waals surface area (Å²) in [4.78, 5) is 4.32. The zero-order valence-electron chi connectivity index (χ0n) is 10.4. The molecule has 1 aromatic heterocycles. The van der Waals surface area contributed by atoms with E-state index < -0.39 is 0 Å². The first-order valence-corrected chi connectivity index (χ1v) is 6.43. The summed E-state index contributed by atoms with van der Waals surface area (Å²) >= 11 is 0. The molecule has 0 radical (unpaired) electrons. The topological polar surface area (TPSA) is 24.9 Å². The number of aromatic nitrogens is 1. The standard InChI is InChI=1S/C14H22N2/c1-3-14(8-12-6-7-12)16-10-13-5-4-11(2)15-9-13/h4-5,9,12,14,16H,3,6-8,10H2,1-2H3. The zero-order valence-corrected chi connectivity index (χ0v) is 10.4. The molecule has 0 saturated heterocycles. The van der Waals surface area contributed by atoms with Gasteiger partial charge in [-0.1, -0.05) is 25.8 Å². The first-order valence-electron chi connectivity index (χ1n) is 6.43. The van der Waals surface area contributed by atoms with Gasteiger partial charge < -0.3 is 5.32 Å². The lowest BCUT2D eigenvalue weighted by Crippen LogP contribution is -2.28. The summed E-state index contributed by atoms with van der Waals surface area (Å²) in [6.07, 6.45) is 7.46. The van der Waals surface area contributed by atoms with Crippen molar-refractivity contribution in [1.29, 1.82) is 0 Å². The van der Waals surface area contributed by atoms with E-state index in [9.17, 15) is 0 Å². The molecule has 1 aliphatic carbocycles. The van der Waals surface area contributed by atoms with E-state index in [1.165, 1.54) is 31.2 Å². The van der Waals surface area contributed by atoms with Crippen molar-refractivity contribution in [3.63, 3.8) is 0 Å². The molecule has 1 atom stereocenters. The van der Waals surface area contributed by atoms with Crippen molar-refractivity contribution in [3.05, 3.63) is 29.6 Å². The second-order valence-electron chi connectivity index (χ2n) is 4.97. The van der Waals surface area contributed by atoms with Crippen LogP contribution in [-0.2, 0) is 6.54 Å². The van der Waals surface area contributed by atoms with Crippen molar-refractivity contribution in [2.75, 3.05) is 0 Å². The molecule has 1 heterocycles. The van der Waals surface area contributed by atoms with E-state index in [1.54, 1.807) is 0 Å². The molecule has 1 unspecified atom stereocenters. The minimum absolute atomic E-state index is 0.689. The van der Waals surface area contributed by atoms with Crippen LogP contribution in [0, 0.1) is 12.8 Å². The normalized spacial score (nSPS) is 17.4.